The first-order valence-electron chi connectivity index (χ1n) is 9.07. The fraction of sp³-hybridized carbons (Fsp3) is 0.474. The molecule has 1 aromatic carbocycles. The zero-order valence-corrected chi connectivity index (χ0v) is 15.6. The molecule has 0 spiro atoms. The minimum atomic E-state index is -4.53. The van der Waals surface area contributed by atoms with Crippen molar-refractivity contribution in [1.29, 1.82) is 0 Å². The van der Waals surface area contributed by atoms with E-state index in [0.717, 1.165) is 30.5 Å². The van der Waals surface area contributed by atoms with Crippen molar-refractivity contribution < 1.29 is 18.0 Å². The molecular formula is C19H20F3N3OS. The summed E-state index contributed by atoms with van der Waals surface area (Å²) in [6.45, 7) is 2.89. The second-order valence-corrected chi connectivity index (χ2v) is 8.11. The van der Waals surface area contributed by atoms with Crippen LogP contribution in [0.3, 0.4) is 0 Å². The highest BCUT2D eigenvalue weighted by Gasteiger charge is 2.36. The number of aryl methyl sites for hydroxylation is 2. The van der Waals surface area contributed by atoms with E-state index in [4.69, 9.17) is 4.98 Å². The van der Waals surface area contributed by atoms with Crippen LogP contribution in [0, 0.1) is 0 Å². The molecule has 4 nitrogen and oxygen atoms in total. The van der Waals surface area contributed by atoms with Gasteiger partial charge in [0.2, 0.25) is 0 Å². The number of halogens is 3. The molecule has 1 aromatic heterocycles. The number of fused-ring (bicyclic) bond motifs is 1. The van der Waals surface area contributed by atoms with Crippen LogP contribution >= 0.6 is 11.3 Å². The molecule has 0 N–H and O–H groups in total. The molecule has 2 aliphatic rings. The Morgan fingerprint density at radius 3 is 2.56 bits per heavy atom. The zero-order valence-electron chi connectivity index (χ0n) is 14.8. The van der Waals surface area contributed by atoms with Crippen molar-refractivity contribution in [3.8, 4) is 0 Å². The number of rotatable bonds is 3. The first-order valence-corrected chi connectivity index (χ1v) is 9.89. The molecule has 144 valence electrons. The van der Waals surface area contributed by atoms with Gasteiger partial charge in [-0.05, 0) is 31.4 Å². The van der Waals surface area contributed by atoms with E-state index in [1.165, 1.54) is 40.1 Å². The number of carbonyl (C=O) groups is 1. The van der Waals surface area contributed by atoms with Crippen LogP contribution in [0.5, 0.6) is 0 Å². The molecule has 8 heteroatoms. The molecule has 1 aliphatic heterocycles. The van der Waals surface area contributed by atoms with Gasteiger partial charge in [-0.25, -0.2) is 4.98 Å². The predicted octanol–water partition coefficient (Wildman–Crippen LogP) is 3.61. The van der Waals surface area contributed by atoms with Crippen LogP contribution in [-0.2, 0) is 25.6 Å². The van der Waals surface area contributed by atoms with Crippen molar-refractivity contribution in [3.63, 3.8) is 0 Å². The standard InChI is InChI=1S/C19H20F3N3OS/c20-19(21,22)14-5-2-1-4-13(14)18(26)25-10-8-24(9-11-25)12-17-23-15-6-3-7-16(15)27-17/h1-2,4-5H,3,6-12H2. The Morgan fingerprint density at radius 1 is 1.11 bits per heavy atom. The van der Waals surface area contributed by atoms with Gasteiger partial charge in [0.05, 0.1) is 23.4 Å². The highest BCUT2D eigenvalue weighted by atomic mass is 32.1. The topological polar surface area (TPSA) is 36.4 Å². The zero-order chi connectivity index (χ0) is 19.0. The molecule has 0 saturated carbocycles. The van der Waals surface area contributed by atoms with Crippen molar-refractivity contribution in [1.82, 2.24) is 14.8 Å². The maximum atomic E-state index is 13.2. The fourth-order valence-electron chi connectivity index (χ4n) is 3.70. The molecule has 0 unspecified atom stereocenters. The van der Waals surface area contributed by atoms with Crippen LogP contribution < -0.4 is 0 Å². The first-order chi connectivity index (χ1) is 12.9. The minimum absolute atomic E-state index is 0.269. The van der Waals surface area contributed by atoms with Crippen LogP contribution in [0.2, 0.25) is 0 Å². The maximum absolute atomic E-state index is 13.2. The third kappa shape index (κ3) is 3.87. The normalized spacial score (nSPS) is 18.0. The molecule has 2 heterocycles. The van der Waals surface area contributed by atoms with Gasteiger partial charge in [-0.2, -0.15) is 13.2 Å². The number of thiazole rings is 1. The van der Waals surface area contributed by atoms with Crippen molar-refractivity contribution in [2.45, 2.75) is 32.0 Å². The number of carbonyl (C=O) groups excluding carboxylic acids is 1. The quantitative estimate of drug-likeness (QED) is 0.797. The van der Waals surface area contributed by atoms with Crippen LogP contribution in [0.1, 0.15) is 37.9 Å². The number of hydrogen-bond donors (Lipinski definition) is 0. The number of nitrogens with zero attached hydrogens (tertiary/aromatic N) is 3. The van der Waals surface area contributed by atoms with Crippen LogP contribution in [0.15, 0.2) is 24.3 Å². The molecule has 27 heavy (non-hydrogen) atoms. The summed E-state index contributed by atoms with van der Waals surface area (Å²) in [6.07, 6.45) is -1.16. The van der Waals surface area contributed by atoms with Crippen molar-refractivity contribution >= 4 is 17.2 Å². The summed E-state index contributed by atoms with van der Waals surface area (Å²) >= 11 is 1.77. The van der Waals surface area contributed by atoms with E-state index in [2.05, 4.69) is 4.90 Å². The van der Waals surface area contributed by atoms with Gasteiger partial charge in [-0.3, -0.25) is 9.69 Å². The highest BCUT2D eigenvalue weighted by Crippen LogP contribution is 2.32. The molecule has 0 atom stereocenters. The molecule has 0 bridgehead atoms. The molecule has 1 aliphatic carbocycles. The number of piperazine rings is 1. The van der Waals surface area contributed by atoms with E-state index >= 15 is 0 Å². The largest absolute Gasteiger partial charge is 0.417 e. The average molecular weight is 395 g/mol. The summed E-state index contributed by atoms with van der Waals surface area (Å²) < 4.78 is 39.5. The van der Waals surface area contributed by atoms with Crippen molar-refractivity contribution in [2.24, 2.45) is 0 Å². The van der Waals surface area contributed by atoms with Crippen LogP contribution in [0.25, 0.3) is 0 Å². The van der Waals surface area contributed by atoms with E-state index in [-0.39, 0.29) is 5.56 Å². The van der Waals surface area contributed by atoms with Gasteiger partial charge in [0.1, 0.15) is 5.01 Å². The first kappa shape index (κ1) is 18.4. The van der Waals surface area contributed by atoms with Crippen LogP contribution in [-0.4, -0.2) is 46.9 Å². The number of hydrogen-bond acceptors (Lipinski definition) is 4. The smallest absolute Gasteiger partial charge is 0.336 e. The van der Waals surface area contributed by atoms with Crippen molar-refractivity contribution in [3.05, 3.63) is 51.0 Å². The lowest BCUT2D eigenvalue weighted by Crippen LogP contribution is -2.48. The third-order valence-electron chi connectivity index (χ3n) is 5.12. The third-order valence-corrected chi connectivity index (χ3v) is 6.26. The van der Waals surface area contributed by atoms with E-state index in [9.17, 15) is 18.0 Å². The lowest BCUT2D eigenvalue weighted by atomic mass is 10.1. The summed E-state index contributed by atoms with van der Waals surface area (Å²) in [5.41, 5.74) is 0.0945. The Hall–Kier alpha value is -1.93. The maximum Gasteiger partial charge on any atom is 0.417 e. The van der Waals surface area contributed by atoms with Gasteiger partial charge in [-0.1, -0.05) is 12.1 Å². The van der Waals surface area contributed by atoms with E-state index in [0.29, 0.717) is 26.2 Å². The molecule has 2 aromatic rings. The van der Waals surface area contributed by atoms with Crippen molar-refractivity contribution in [2.75, 3.05) is 26.2 Å². The monoisotopic (exact) mass is 395 g/mol. The average Bonchev–Trinajstić information content (AvgIpc) is 3.22. The summed E-state index contributed by atoms with van der Waals surface area (Å²) in [7, 11) is 0. The van der Waals surface area contributed by atoms with Gasteiger partial charge in [0, 0.05) is 31.1 Å². The van der Waals surface area contributed by atoms with E-state index < -0.39 is 17.6 Å². The number of aromatic nitrogens is 1. The molecule has 1 amide bonds. The minimum Gasteiger partial charge on any atom is -0.336 e. The highest BCUT2D eigenvalue weighted by molar-refractivity contribution is 7.11. The van der Waals surface area contributed by atoms with Gasteiger partial charge in [-0.15, -0.1) is 11.3 Å². The number of amides is 1. The predicted molar refractivity (Wildman–Crippen MR) is 96.8 cm³/mol. The second-order valence-electron chi connectivity index (χ2n) is 6.94. The summed E-state index contributed by atoms with van der Waals surface area (Å²) in [4.78, 5) is 22.4. The van der Waals surface area contributed by atoms with E-state index in [1.807, 2.05) is 0 Å². The summed E-state index contributed by atoms with van der Waals surface area (Å²) in [6, 6.07) is 5.00. The Bertz CT molecular complexity index is 819. The SMILES string of the molecule is O=C(c1ccccc1C(F)(F)F)N1CCN(Cc2nc3c(s2)CCC3)CC1. The molecule has 0 radical (unpaired) electrons. The summed E-state index contributed by atoms with van der Waals surface area (Å²) in [5.74, 6) is -0.546. The Morgan fingerprint density at radius 2 is 1.85 bits per heavy atom. The molecule has 4 rings (SSSR count). The number of benzene rings is 1. The lowest BCUT2D eigenvalue weighted by molar-refractivity contribution is -0.138. The fourth-order valence-corrected chi connectivity index (χ4v) is 4.90. The second kappa shape index (κ2) is 7.24. The lowest BCUT2D eigenvalue weighted by Gasteiger charge is -2.34. The van der Waals surface area contributed by atoms with Gasteiger partial charge in [0.15, 0.2) is 0 Å². The van der Waals surface area contributed by atoms with Crippen LogP contribution in [0.4, 0.5) is 13.2 Å². The Labute approximate surface area is 159 Å². The van der Waals surface area contributed by atoms with Gasteiger partial charge in [0.25, 0.3) is 5.91 Å². The Balaban J connectivity index is 1.38. The number of alkyl halides is 3. The summed E-state index contributed by atoms with van der Waals surface area (Å²) in [5, 5.41) is 1.10. The Kier molecular flexibility index (Phi) is 4.94. The molecule has 1 saturated heterocycles. The van der Waals surface area contributed by atoms with Gasteiger partial charge < -0.3 is 4.90 Å². The molecular weight excluding hydrogens is 375 g/mol. The molecule has 1 fully saturated rings. The van der Waals surface area contributed by atoms with E-state index in [1.54, 1.807) is 11.3 Å². The van der Waals surface area contributed by atoms with Gasteiger partial charge >= 0.3 is 6.18 Å².